The summed E-state index contributed by atoms with van der Waals surface area (Å²) in [5.41, 5.74) is 7.83. The number of amides is 1. The van der Waals surface area contributed by atoms with Gasteiger partial charge in [-0.05, 0) is 31.0 Å². The minimum absolute atomic E-state index is 0.0745. The van der Waals surface area contributed by atoms with Crippen molar-refractivity contribution in [2.24, 2.45) is 5.73 Å². The van der Waals surface area contributed by atoms with Gasteiger partial charge in [-0.3, -0.25) is 4.79 Å². The molecule has 3 nitrogen and oxygen atoms in total. The van der Waals surface area contributed by atoms with Crippen molar-refractivity contribution in [3.8, 4) is 0 Å². The Hall–Kier alpha value is -1.000. The van der Waals surface area contributed by atoms with E-state index in [0.29, 0.717) is 5.75 Å². The first-order valence-corrected chi connectivity index (χ1v) is 5.95. The number of carbonyl (C=O) groups is 1. The minimum Gasteiger partial charge on any atom is -0.328 e. The van der Waals surface area contributed by atoms with E-state index in [4.69, 9.17) is 5.73 Å². The second-order valence-electron chi connectivity index (χ2n) is 3.85. The first kappa shape index (κ1) is 10.5. The maximum Gasteiger partial charge on any atom is 0.234 e. The molecular weight excluding hydrogens is 208 g/mol. The SMILES string of the molecule is CC(N)Cc1ccc2c(c1)NC(=O)CS2. The molecule has 2 rings (SSSR count). The van der Waals surface area contributed by atoms with Crippen LogP contribution in [0, 0.1) is 0 Å². The van der Waals surface area contributed by atoms with Gasteiger partial charge < -0.3 is 11.1 Å². The highest BCUT2D eigenvalue weighted by atomic mass is 32.2. The van der Waals surface area contributed by atoms with Gasteiger partial charge in [0.05, 0.1) is 11.4 Å². The molecule has 0 aliphatic carbocycles. The molecule has 1 heterocycles. The Balaban J connectivity index is 2.24. The summed E-state index contributed by atoms with van der Waals surface area (Å²) in [7, 11) is 0. The molecule has 15 heavy (non-hydrogen) atoms. The average molecular weight is 222 g/mol. The normalized spacial score (nSPS) is 16.8. The van der Waals surface area contributed by atoms with E-state index in [2.05, 4.69) is 17.4 Å². The third kappa shape index (κ3) is 2.52. The minimum atomic E-state index is 0.0745. The first-order valence-electron chi connectivity index (χ1n) is 4.96. The van der Waals surface area contributed by atoms with Crippen LogP contribution in [-0.4, -0.2) is 17.7 Å². The fourth-order valence-corrected chi connectivity index (χ4v) is 2.42. The highest BCUT2D eigenvalue weighted by Gasteiger charge is 2.15. The van der Waals surface area contributed by atoms with Gasteiger partial charge in [0.25, 0.3) is 0 Å². The van der Waals surface area contributed by atoms with Crippen LogP contribution in [0.3, 0.4) is 0 Å². The quantitative estimate of drug-likeness (QED) is 0.799. The number of anilines is 1. The van der Waals surface area contributed by atoms with Crippen molar-refractivity contribution in [3.05, 3.63) is 23.8 Å². The van der Waals surface area contributed by atoms with Gasteiger partial charge >= 0.3 is 0 Å². The Morgan fingerprint density at radius 3 is 3.13 bits per heavy atom. The van der Waals surface area contributed by atoms with Gasteiger partial charge in [0.1, 0.15) is 0 Å². The van der Waals surface area contributed by atoms with Gasteiger partial charge in [-0.25, -0.2) is 0 Å². The lowest BCUT2D eigenvalue weighted by molar-refractivity contribution is -0.113. The Kier molecular flexibility index (Phi) is 2.98. The fourth-order valence-electron chi connectivity index (χ4n) is 1.63. The summed E-state index contributed by atoms with van der Waals surface area (Å²) in [6.45, 7) is 1.98. The monoisotopic (exact) mass is 222 g/mol. The zero-order chi connectivity index (χ0) is 10.8. The number of hydrogen-bond acceptors (Lipinski definition) is 3. The van der Waals surface area contributed by atoms with E-state index in [-0.39, 0.29) is 11.9 Å². The van der Waals surface area contributed by atoms with E-state index in [9.17, 15) is 4.79 Å². The third-order valence-corrected chi connectivity index (χ3v) is 3.31. The van der Waals surface area contributed by atoms with E-state index in [1.165, 1.54) is 5.56 Å². The third-order valence-electron chi connectivity index (χ3n) is 2.23. The number of hydrogen-bond donors (Lipinski definition) is 2. The molecule has 0 bridgehead atoms. The summed E-state index contributed by atoms with van der Waals surface area (Å²) in [6, 6.07) is 6.29. The number of rotatable bonds is 2. The molecule has 1 aliphatic heterocycles. The molecule has 0 saturated carbocycles. The summed E-state index contributed by atoms with van der Waals surface area (Å²) < 4.78 is 0. The highest BCUT2D eigenvalue weighted by molar-refractivity contribution is 8.00. The van der Waals surface area contributed by atoms with Crippen molar-refractivity contribution >= 4 is 23.4 Å². The molecule has 1 unspecified atom stereocenters. The smallest absolute Gasteiger partial charge is 0.234 e. The second kappa shape index (κ2) is 4.24. The summed E-state index contributed by atoms with van der Waals surface area (Å²) in [5.74, 6) is 0.588. The predicted octanol–water partition coefficient (Wildman–Crippen LogP) is 1.62. The van der Waals surface area contributed by atoms with Crippen LogP contribution >= 0.6 is 11.8 Å². The largest absolute Gasteiger partial charge is 0.328 e. The summed E-state index contributed by atoms with van der Waals surface area (Å²) in [4.78, 5) is 12.3. The van der Waals surface area contributed by atoms with Crippen LogP contribution in [-0.2, 0) is 11.2 Å². The predicted molar refractivity (Wildman–Crippen MR) is 63.1 cm³/mol. The van der Waals surface area contributed by atoms with Crippen LogP contribution in [0.2, 0.25) is 0 Å². The van der Waals surface area contributed by atoms with Crippen LogP contribution in [0.15, 0.2) is 23.1 Å². The van der Waals surface area contributed by atoms with E-state index in [1.807, 2.05) is 13.0 Å². The van der Waals surface area contributed by atoms with Crippen LogP contribution in [0.5, 0.6) is 0 Å². The van der Waals surface area contributed by atoms with Crippen LogP contribution < -0.4 is 11.1 Å². The molecule has 0 spiro atoms. The molecule has 1 atom stereocenters. The van der Waals surface area contributed by atoms with Gasteiger partial charge in [0.15, 0.2) is 0 Å². The Morgan fingerprint density at radius 1 is 1.60 bits per heavy atom. The molecule has 4 heteroatoms. The molecule has 0 aromatic heterocycles. The van der Waals surface area contributed by atoms with Gasteiger partial charge in [-0.15, -0.1) is 11.8 Å². The van der Waals surface area contributed by atoms with Gasteiger partial charge in [0.2, 0.25) is 5.91 Å². The molecular formula is C11H14N2OS. The summed E-state index contributed by atoms with van der Waals surface area (Å²) in [5, 5.41) is 2.87. The Morgan fingerprint density at radius 2 is 2.40 bits per heavy atom. The van der Waals surface area contributed by atoms with Crippen molar-refractivity contribution in [2.75, 3.05) is 11.1 Å². The molecule has 1 aromatic carbocycles. The molecule has 0 saturated heterocycles. The van der Waals surface area contributed by atoms with Crippen LogP contribution in [0.4, 0.5) is 5.69 Å². The van der Waals surface area contributed by atoms with Crippen molar-refractivity contribution in [1.29, 1.82) is 0 Å². The Labute approximate surface area is 93.4 Å². The summed E-state index contributed by atoms with van der Waals surface area (Å²) >= 11 is 1.58. The van der Waals surface area contributed by atoms with Gasteiger partial charge in [-0.1, -0.05) is 6.07 Å². The van der Waals surface area contributed by atoms with E-state index >= 15 is 0 Å². The number of fused-ring (bicyclic) bond motifs is 1. The Bertz CT molecular complexity index is 390. The van der Waals surface area contributed by atoms with E-state index < -0.39 is 0 Å². The maximum absolute atomic E-state index is 11.2. The van der Waals surface area contributed by atoms with Crippen LogP contribution in [0.25, 0.3) is 0 Å². The molecule has 1 amide bonds. The molecule has 0 radical (unpaired) electrons. The molecule has 1 aromatic rings. The topological polar surface area (TPSA) is 55.1 Å². The molecule has 0 fully saturated rings. The van der Waals surface area contributed by atoms with Gasteiger partial charge in [-0.2, -0.15) is 0 Å². The zero-order valence-electron chi connectivity index (χ0n) is 8.62. The second-order valence-corrected chi connectivity index (χ2v) is 4.87. The molecule has 80 valence electrons. The lowest BCUT2D eigenvalue weighted by Gasteiger charge is -2.17. The van der Waals surface area contributed by atoms with Crippen molar-refractivity contribution in [2.45, 2.75) is 24.3 Å². The lowest BCUT2D eigenvalue weighted by Crippen LogP contribution is -2.20. The fraction of sp³-hybridized carbons (Fsp3) is 0.364. The standard InChI is InChI=1S/C11H14N2OS/c1-7(12)4-8-2-3-10-9(5-8)13-11(14)6-15-10/h2-3,5,7H,4,6,12H2,1H3,(H,13,14). The lowest BCUT2D eigenvalue weighted by atomic mass is 10.1. The number of nitrogens with two attached hydrogens (primary N) is 1. The summed E-state index contributed by atoms with van der Waals surface area (Å²) in [6.07, 6.45) is 0.841. The van der Waals surface area contributed by atoms with E-state index in [0.717, 1.165) is 17.0 Å². The van der Waals surface area contributed by atoms with Crippen molar-refractivity contribution in [3.63, 3.8) is 0 Å². The first-order chi connectivity index (χ1) is 7.15. The van der Waals surface area contributed by atoms with E-state index in [1.54, 1.807) is 11.8 Å². The van der Waals surface area contributed by atoms with Crippen LogP contribution in [0.1, 0.15) is 12.5 Å². The number of carbonyl (C=O) groups excluding carboxylic acids is 1. The molecule has 3 N–H and O–H groups in total. The average Bonchev–Trinajstić information content (AvgIpc) is 2.16. The number of benzene rings is 1. The van der Waals surface area contributed by atoms with Gasteiger partial charge in [0, 0.05) is 10.9 Å². The molecule has 1 aliphatic rings. The van der Waals surface area contributed by atoms with Crippen molar-refractivity contribution < 1.29 is 4.79 Å². The number of nitrogens with one attached hydrogen (secondary N) is 1. The van der Waals surface area contributed by atoms with Crippen molar-refractivity contribution in [1.82, 2.24) is 0 Å². The number of thioether (sulfide) groups is 1. The highest BCUT2D eigenvalue weighted by Crippen LogP contribution is 2.32. The zero-order valence-corrected chi connectivity index (χ0v) is 9.43. The maximum atomic E-state index is 11.2.